The molecule has 0 fully saturated rings. The second-order valence-corrected chi connectivity index (χ2v) is 8.91. The number of imidazole rings is 1. The summed E-state index contributed by atoms with van der Waals surface area (Å²) in [5, 5.41) is 0. The molecule has 32 heavy (non-hydrogen) atoms. The van der Waals surface area contributed by atoms with Crippen LogP contribution in [0.25, 0.3) is 5.82 Å². The van der Waals surface area contributed by atoms with Crippen molar-refractivity contribution in [1.82, 2.24) is 19.5 Å². The van der Waals surface area contributed by atoms with Crippen molar-refractivity contribution in [2.24, 2.45) is 0 Å². The first-order valence-corrected chi connectivity index (χ1v) is 11.6. The molecule has 0 saturated heterocycles. The van der Waals surface area contributed by atoms with E-state index in [0.29, 0.717) is 23.1 Å². The van der Waals surface area contributed by atoms with Crippen LogP contribution in [-0.4, -0.2) is 27.9 Å². The summed E-state index contributed by atoms with van der Waals surface area (Å²) in [5.74, 6) is 1.53. The SMILES string of the molecule is CCc1ccc(S(=O)(=O)Nc2ccc(Oc3cc(-n4cnc(C)c4C)ncn3)cc2)cc1. The fourth-order valence-corrected chi connectivity index (χ4v) is 4.14. The predicted octanol–water partition coefficient (Wildman–Crippen LogP) is 4.43. The number of hydrogen-bond acceptors (Lipinski definition) is 6. The lowest BCUT2D eigenvalue weighted by Gasteiger charge is -2.10. The van der Waals surface area contributed by atoms with Gasteiger partial charge in [0.15, 0.2) is 0 Å². The molecule has 0 atom stereocenters. The second-order valence-electron chi connectivity index (χ2n) is 7.23. The van der Waals surface area contributed by atoms with E-state index in [2.05, 4.69) is 19.7 Å². The number of ether oxygens (including phenoxy) is 1. The molecular weight excluding hydrogens is 426 g/mol. The van der Waals surface area contributed by atoms with E-state index in [9.17, 15) is 8.42 Å². The smallest absolute Gasteiger partial charge is 0.261 e. The van der Waals surface area contributed by atoms with Crippen molar-refractivity contribution in [2.75, 3.05) is 4.72 Å². The molecule has 0 aliphatic heterocycles. The van der Waals surface area contributed by atoms with Gasteiger partial charge in [-0.05, 0) is 62.2 Å². The van der Waals surface area contributed by atoms with E-state index in [1.165, 1.54) is 6.33 Å². The molecule has 2 aromatic heterocycles. The van der Waals surface area contributed by atoms with Gasteiger partial charge in [-0.3, -0.25) is 9.29 Å². The van der Waals surface area contributed by atoms with Gasteiger partial charge in [0.2, 0.25) is 5.88 Å². The van der Waals surface area contributed by atoms with E-state index in [1.54, 1.807) is 48.8 Å². The topological polar surface area (TPSA) is 99.0 Å². The van der Waals surface area contributed by atoms with Gasteiger partial charge in [0, 0.05) is 17.4 Å². The molecule has 0 saturated carbocycles. The Hall–Kier alpha value is -3.72. The van der Waals surface area contributed by atoms with Crippen LogP contribution in [0, 0.1) is 13.8 Å². The van der Waals surface area contributed by atoms with Crippen LogP contribution < -0.4 is 9.46 Å². The Morgan fingerprint density at radius 1 is 0.969 bits per heavy atom. The molecule has 2 heterocycles. The lowest BCUT2D eigenvalue weighted by atomic mass is 10.2. The normalized spacial score (nSPS) is 11.3. The highest BCUT2D eigenvalue weighted by molar-refractivity contribution is 7.92. The van der Waals surface area contributed by atoms with Crippen molar-refractivity contribution < 1.29 is 13.2 Å². The van der Waals surface area contributed by atoms with Crippen LogP contribution in [0.2, 0.25) is 0 Å². The summed E-state index contributed by atoms with van der Waals surface area (Å²) in [7, 11) is -3.67. The van der Waals surface area contributed by atoms with Gasteiger partial charge in [-0.15, -0.1) is 0 Å². The Bertz CT molecular complexity index is 1330. The molecule has 0 spiro atoms. The number of nitrogens with one attached hydrogen (secondary N) is 1. The molecule has 4 rings (SSSR count). The fourth-order valence-electron chi connectivity index (χ4n) is 3.08. The maximum atomic E-state index is 12.6. The van der Waals surface area contributed by atoms with Gasteiger partial charge in [0.05, 0.1) is 10.6 Å². The highest BCUT2D eigenvalue weighted by Crippen LogP contribution is 2.24. The highest BCUT2D eigenvalue weighted by Gasteiger charge is 2.14. The zero-order valence-corrected chi connectivity index (χ0v) is 18.8. The van der Waals surface area contributed by atoms with E-state index < -0.39 is 10.0 Å². The summed E-state index contributed by atoms with van der Waals surface area (Å²) in [6, 6.07) is 15.2. The minimum absolute atomic E-state index is 0.216. The number of aryl methyl sites for hydroxylation is 2. The molecular formula is C23H23N5O3S. The molecule has 1 N–H and O–H groups in total. The molecule has 0 aliphatic carbocycles. The van der Waals surface area contributed by atoms with E-state index in [-0.39, 0.29) is 4.90 Å². The monoisotopic (exact) mass is 449 g/mol. The van der Waals surface area contributed by atoms with Gasteiger partial charge in [-0.2, -0.15) is 0 Å². The molecule has 0 bridgehead atoms. The Morgan fingerprint density at radius 3 is 2.31 bits per heavy atom. The molecule has 164 valence electrons. The van der Waals surface area contributed by atoms with E-state index >= 15 is 0 Å². The van der Waals surface area contributed by atoms with E-state index in [4.69, 9.17) is 4.74 Å². The van der Waals surface area contributed by atoms with Crippen molar-refractivity contribution in [2.45, 2.75) is 32.1 Å². The number of aromatic nitrogens is 4. The minimum Gasteiger partial charge on any atom is -0.439 e. The van der Waals surface area contributed by atoms with Crippen LogP contribution in [0.4, 0.5) is 5.69 Å². The Balaban J connectivity index is 1.47. The summed E-state index contributed by atoms with van der Waals surface area (Å²) in [5.41, 5.74) is 3.42. The van der Waals surface area contributed by atoms with Crippen LogP contribution in [0.5, 0.6) is 11.6 Å². The Labute approximate surface area is 187 Å². The van der Waals surface area contributed by atoms with Crippen molar-refractivity contribution in [1.29, 1.82) is 0 Å². The second kappa shape index (κ2) is 8.80. The maximum Gasteiger partial charge on any atom is 0.261 e. The van der Waals surface area contributed by atoms with Crippen molar-refractivity contribution in [3.63, 3.8) is 0 Å². The highest BCUT2D eigenvalue weighted by atomic mass is 32.2. The van der Waals surface area contributed by atoms with Gasteiger partial charge >= 0.3 is 0 Å². The quantitative estimate of drug-likeness (QED) is 0.448. The van der Waals surface area contributed by atoms with E-state index in [0.717, 1.165) is 23.4 Å². The lowest BCUT2D eigenvalue weighted by molar-refractivity contribution is 0.461. The van der Waals surface area contributed by atoms with Gasteiger partial charge < -0.3 is 4.74 Å². The molecule has 8 nitrogen and oxygen atoms in total. The van der Waals surface area contributed by atoms with Crippen molar-refractivity contribution >= 4 is 15.7 Å². The third-order valence-electron chi connectivity index (χ3n) is 5.10. The van der Waals surface area contributed by atoms with Crippen LogP contribution in [0.15, 0.2) is 72.1 Å². The zero-order valence-electron chi connectivity index (χ0n) is 18.0. The molecule has 0 aliphatic rings. The number of rotatable bonds is 7. The van der Waals surface area contributed by atoms with Crippen LogP contribution in [-0.2, 0) is 16.4 Å². The Morgan fingerprint density at radius 2 is 1.69 bits per heavy atom. The molecule has 0 unspecified atom stereocenters. The van der Waals surface area contributed by atoms with Crippen LogP contribution in [0.1, 0.15) is 23.9 Å². The number of sulfonamides is 1. The number of nitrogens with zero attached hydrogens (tertiary/aromatic N) is 4. The lowest BCUT2D eigenvalue weighted by Crippen LogP contribution is -2.12. The van der Waals surface area contributed by atoms with Crippen LogP contribution in [0.3, 0.4) is 0 Å². The Kier molecular flexibility index (Phi) is 5.91. The molecule has 0 radical (unpaired) electrons. The van der Waals surface area contributed by atoms with Gasteiger partial charge in [0.1, 0.15) is 24.2 Å². The first-order chi connectivity index (χ1) is 15.4. The first kappa shape index (κ1) is 21.5. The minimum atomic E-state index is -3.67. The largest absolute Gasteiger partial charge is 0.439 e. The van der Waals surface area contributed by atoms with Gasteiger partial charge in [0.25, 0.3) is 10.0 Å². The fraction of sp³-hybridized carbons (Fsp3) is 0.174. The third kappa shape index (κ3) is 4.62. The summed E-state index contributed by atoms with van der Waals surface area (Å²) < 4.78 is 35.5. The predicted molar refractivity (Wildman–Crippen MR) is 122 cm³/mol. The number of benzene rings is 2. The zero-order chi connectivity index (χ0) is 22.7. The average molecular weight is 450 g/mol. The first-order valence-electron chi connectivity index (χ1n) is 10.1. The van der Waals surface area contributed by atoms with Crippen molar-refractivity contribution in [3.05, 3.63) is 84.2 Å². The summed E-state index contributed by atoms with van der Waals surface area (Å²) in [6.45, 7) is 5.91. The van der Waals surface area contributed by atoms with E-state index in [1.807, 2.05) is 37.5 Å². The average Bonchev–Trinajstić information content (AvgIpc) is 3.13. The van der Waals surface area contributed by atoms with Gasteiger partial charge in [-0.25, -0.2) is 23.4 Å². The van der Waals surface area contributed by atoms with Gasteiger partial charge in [-0.1, -0.05) is 19.1 Å². The summed E-state index contributed by atoms with van der Waals surface area (Å²) in [4.78, 5) is 12.9. The third-order valence-corrected chi connectivity index (χ3v) is 6.49. The van der Waals surface area contributed by atoms with Crippen LogP contribution >= 0.6 is 0 Å². The maximum absolute atomic E-state index is 12.6. The molecule has 0 amide bonds. The number of hydrogen-bond donors (Lipinski definition) is 1. The summed E-state index contributed by atoms with van der Waals surface area (Å²) >= 11 is 0. The number of anilines is 1. The molecule has 9 heteroatoms. The molecule has 4 aromatic rings. The summed E-state index contributed by atoms with van der Waals surface area (Å²) in [6.07, 6.45) is 3.98. The standard InChI is InChI=1S/C23H23N5O3S/c1-4-18-5-11-21(12-6-18)32(29,30)27-19-7-9-20(10-8-19)31-23-13-22(24-14-25-23)28-15-26-16(2)17(28)3/h5-15,27H,4H2,1-3H3. The van der Waals surface area contributed by atoms with Crippen molar-refractivity contribution in [3.8, 4) is 17.4 Å². The molecule has 2 aromatic carbocycles.